The van der Waals surface area contributed by atoms with Gasteiger partial charge in [0.05, 0.1) is 0 Å². The summed E-state index contributed by atoms with van der Waals surface area (Å²) < 4.78 is 0. The maximum atomic E-state index is 9.08. The quantitative estimate of drug-likeness (QED) is 0.622. The third-order valence-electron chi connectivity index (χ3n) is 1.46. The van der Waals surface area contributed by atoms with E-state index < -0.39 is 6.10 Å². The third kappa shape index (κ3) is 2.45. The first-order valence-corrected chi connectivity index (χ1v) is 3.51. The molecule has 1 aromatic rings. The molecule has 1 atom stereocenters. The van der Waals surface area contributed by atoms with Crippen molar-refractivity contribution in [2.24, 2.45) is 0 Å². The van der Waals surface area contributed by atoms with E-state index in [1.807, 2.05) is 30.3 Å². The minimum Gasteiger partial charge on any atom is -0.380 e. The fourth-order valence-electron chi connectivity index (χ4n) is 0.896. The molecular weight excluding hydrogens is 136 g/mol. The van der Waals surface area contributed by atoms with Crippen LogP contribution in [0.25, 0.3) is 0 Å². The zero-order valence-corrected chi connectivity index (χ0v) is 6.20. The minimum absolute atomic E-state index is 0.539. The number of hydrogen-bond acceptors (Lipinski definition) is 1. The molecule has 0 saturated carbocycles. The molecule has 1 N–H and O–H groups in total. The maximum Gasteiger partial charge on any atom is 0.118 e. The Hall–Kier alpha value is -1.26. The maximum absolute atomic E-state index is 9.08. The molecule has 0 aliphatic heterocycles. The van der Waals surface area contributed by atoms with Gasteiger partial charge in [0.15, 0.2) is 0 Å². The van der Waals surface area contributed by atoms with Gasteiger partial charge in [0, 0.05) is 6.42 Å². The Morgan fingerprint density at radius 3 is 2.55 bits per heavy atom. The fourth-order valence-corrected chi connectivity index (χ4v) is 0.896. The van der Waals surface area contributed by atoms with Gasteiger partial charge in [-0.3, -0.25) is 0 Å². The molecule has 0 spiro atoms. The first kappa shape index (κ1) is 7.84. The Kier molecular flexibility index (Phi) is 2.71. The van der Waals surface area contributed by atoms with Crippen LogP contribution in [0.1, 0.15) is 5.56 Å². The van der Waals surface area contributed by atoms with Gasteiger partial charge in [-0.15, -0.1) is 6.42 Å². The second-order valence-electron chi connectivity index (χ2n) is 2.37. The smallest absolute Gasteiger partial charge is 0.118 e. The Labute approximate surface area is 66.7 Å². The van der Waals surface area contributed by atoms with Crippen LogP contribution in [0.5, 0.6) is 0 Å². The fraction of sp³-hybridized carbons (Fsp3) is 0.200. The number of aliphatic hydroxyl groups excluding tert-OH is 1. The molecule has 0 saturated heterocycles. The molecule has 1 aromatic carbocycles. The molecule has 1 nitrogen and oxygen atoms in total. The van der Waals surface area contributed by atoms with Crippen molar-refractivity contribution < 1.29 is 5.11 Å². The van der Waals surface area contributed by atoms with Crippen molar-refractivity contribution >= 4 is 0 Å². The monoisotopic (exact) mass is 146 g/mol. The summed E-state index contributed by atoms with van der Waals surface area (Å²) in [4.78, 5) is 0. The second kappa shape index (κ2) is 3.80. The van der Waals surface area contributed by atoms with Gasteiger partial charge in [-0.25, -0.2) is 0 Å². The van der Waals surface area contributed by atoms with Gasteiger partial charge < -0.3 is 5.11 Å². The summed E-state index contributed by atoms with van der Waals surface area (Å²) in [6.07, 6.45) is 4.90. The SMILES string of the molecule is C#C[C@@H](O)Cc1ccccc1. The van der Waals surface area contributed by atoms with Crippen LogP contribution in [0.2, 0.25) is 0 Å². The molecule has 1 heteroatoms. The van der Waals surface area contributed by atoms with Crippen LogP contribution in [-0.4, -0.2) is 11.2 Å². The van der Waals surface area contributed by atoms with Crippen molar-refractivity contribution in [3.63, 3.8) is 0 Å². The summed E-state index contributed by atoms with van der Waals surface area (Å²) in [5.41, 5.74) is 1.07. The van der Waals surface area contributed by atoms with E-state index in [-0.39, 0.29) is 0 Å². The largest absolute Gasteiger partial charge is 0.380 e. The molecule has 0 bridgehead atoms. The molecule has 0 unspecified atom stereocenters. The summed E-state index contributed by atoms with van der Waals surface area (Å²) >= 11 is 0. The number of hydrogen-bond donors (Lipinski definition) is 1. The highest BCUT2D eigenvalue weighted by atomic mass is 16.3. The zero-order chi connectivity index (χ0) is 8.10. The van der Waals surface area contributed by atoms with E-state index in [0.717, 1.165) is 5.56 Å². The molecule has 0 aliphatic rings. The highest BCUT2D eigenvalue weighted by molar-refractivity contribution is 5.17. The van der Waals surface area contributed by atoms with E-state index in [2.05, 4.69) is 5.92 Å². The molecule has 56 valence electrons. The van der Waals surface area contributed by atoms with Crippen LogP contribution in [0.15, 0.2) is 30.3 Å². The van der Waals surface area contributed by atoms with Gasteiger partial charge in [0.25, 0.3) is 0 Å². The third-order valence-corrected chi connectivity index (χ3v) is 1.46. The topological polar surface area (TPSA) is 20.2 Å². The number of aliphatic hydroxyl groups is 1. The molecule has 0 aliphatic carbocycles. The van der Waals surface area contributed by atoms with Gasteiger partial charge >= 0.3 is 0 Å². The first-order valence-electron chi connectivity index (χ1n) is 3.51. The van der Waals surface area contributed by atoms with Gasteiger partial charge in [-0.2, -0.15) is 0 Å². The summed E-state index contributed by atoms with van der Waals surface area (Å²) in [5, 5.41) is 9.08. The van der Waals surface area contributed by atoms with E-state index in [1.54, 1.807) is 0 Å². The summed E-state index contributed by atoms with van der Waals surface area (Å²) in [5.74, 6) is 2.27. The number of benzene rings is 1. The number of rotatable bonds is 2. The van der Waals surface area contributed by atoms with Crippen LogP contribution in [0.3, 0.4) is 0 Å². The first-order chi connectivity index (χ1) is 5.33. The van der Waals surface area contributed by atoms with Crippen LogP contribution >= 0.6 is 0 Å². The summed E-state index contributed by atoms with van der Waals surface area (Å²) in [6.45, 7) is 0. The van der Waals surface area contributed by atoms with Crippen molar-refractivity contribution in [1.29, 1.82) is 0 Å². The van der Waals surface area contributed by atoms with Crippen LogP contribution in [-0.2, 0) is 6.42 Å². The zero-order valence-electron chi connectivity index (χ0n) is 6.20. The van der Waals surface area contributed by atoms with E-state index in [0.29, 0.717) is 6.42 Å². The lowest BCUT2D eigenvalue weighted by atomic mass is 10.1. The molecule has 0 fully saturated rings. The molecule has 0 amide bonds. The van der Waals surface area contributed by atoms with Crippen molar-refractivity contribution in [3.8, 4) is 12.3 Å². The van der Waals surface area contributed by atoms with Crippen molar-refractivity contribution in [2.45, 2.75) is 12.5 Å². The van der Waals surface area contributed by atoms with Gasteiger partial charge in [0.1, 0.15) is 6.10 Å². The lowest BCUT2D eigenvalue weighted by Gasteiger charge is -2.01. The van der Waals surface area contributed by atoms with Crippen LogP contribution in [0.4, 0.5) is 0 Å². The van der Waals surface area contributed by atoms with Crippen LogP contribution in [0, 0.1) is 12.3 Å². The minimum atomic E-state index is -0.655. The average molecular weight is 146 g/mol. The van der Waals surface area contributed by atoms with Gasteiger partial charge in [0.2, 0.25) is 0 Å². The van der Waals surface area contributed by atoms with E-state index >= 15 is 0 Å². The Balaban J connectivity index is 2.60. The highest BCUT2D eigenvalue weighted by Gasteiger charge is 1.98. The molecule has 11 heavy (non-hydrogen) atoms. The Morgan fingerprint density at radius 2 is 2.00 bits per heavy atom. The molecule has 0 radical (unpaired) electrons. The Bertz CT molecular complexity index is 245. The normalized spacial score (nSPS) is 12.0. The van der Waals surface area contributed by atoms with Crippen molar-refractivity contribution in [3.05, 3.63) is 35.9 Å². The molecule has 1 rings (SSSR count). The summed E-state index contributed by atoms with van der Waals surface area (Å²) in [6, 6.07) is 9.68. The Morgan fingerprint density at radius 1 is 1.36 bits per heavy atom. The van der Waals surface area contributed by atoms with E-state index in [1.165, 1.54) is 0 Å². The predicted octanol–water partition coefficient (Wildman–Crippen LogP) is 1.22. The van der Waals surface area contributed by atoms with Crippen LogP contribution < -0.4 is 0 Å². The van der Waals surface area contributed by atoms with E-state index in [4.69, 9.17) is 11.5 Å². The van der Waals surface area contributed by atoms with Crippen molar-refractivity contribution in [2.75, 3.05) is 0 Å². The highest BCUT2D eigenvalue weighted by Crippen LogP contribution is 2.01. The van der Waals surface area contributed by atoms with Gasteiger partial charge in [-0.05, 0) is 5.56 Å². The molecular formula is C10H10O. The van der Waals surface area contributed by atoms with E-state index in [9.17, 15) is 0 Å². The molecule has 0 heterocycles. The van der Waals surface area contributed by atoms with Gasteiger partial charge in [-0.1, -0.05) is 36.3 Å². The predicted molar refractivity (Wildman–Crippen MR) is 45.0 cm³/mol. The van der Waals surface area contributed by atoms with Crippen molar-refractivity contribution in [1.82, 2.24) is 0 Å². The second-order valence-corrected chi connectivity index (χ2v) is 2.37. The lowest BCUT2D eigenvalue weighted by molar-refractivity contribution is 0.233. The average Bonchev–Trinajstić information content (AvgIpc) is 2.06. The molecule has 0 aromatic heterocycles. The summed E-state index contributed by atoms with van der Waals surface area (Å²) in [7, 11) is 0. The standard InChI is InChI=1S/C10H10O/c1-2-10(11)8-9-6-4-3-5-7-9/h1,3-7,10-11H,8H2/t10-/m1/s1. The lowest BCUT2D eigenvalue weighted by Crippen LogP contribution is -2.06. The number of terminal acetylenes is 1.